The molecular weight excluding hydrogens is 162 g/mol. The largest absolute Gasteiger partial charge is 0.324 e. The van der Waals surface area contributed by atoms with Crippen LogP contribution < -0.4 is 5.73 Å². The van der Waals surface area contributed by atoms with Crippen molar-refractivity contribution < 1.29 is 4.79 Å². The lowest BCUT2D eigenvalue weighted by atomic mass is 10.0. The molecule has 2 N–H and O–H groups in total. The van der Waals surface area contributed by atoms with Gasteiger partial charge in [-0.15, -0.1) is 0 Å². The summed E-state index contributed by atoms with van der Waals surface area (Å²) in [5, 5.41) is 0. The Morgan fingerprint density at radius 3 is 2.54 bits per heavy atom. The van der Waals surface area contributed by atoms with Crippen LogP contribution in [0.25, 0.3) is 0 Å². The predicted octanol–water partition coefficient (Wildman–Crippen LogP) is 2.06. The maximum atomic E-state index is 11.1. The van der Waals surface area contributed by atoms with Crippen molar-refractivity contribution in [3.05, 3.63) is 35.9 Å². The highest BCUT2D eigenvalue weighted by Crippen LogP contribution is 2.13. The molecule has 0 bridgehead atoms. The Morgan fingerprint density at radius 2 is 2.00 bits per heavy atom. The van der Waals surface area contributed by atoms with Crippen LogP contribution in [0.4, 0.5) is 0 Å². The Labute approximate surface area is 78.8 Å². The van der Waals surface area contributed by atoms with E-state index in [4.69, 9.17) is 5.73 Å². The number of hydrogen-bond acceptors (Lipinski definition) is 2. The summed E-state index contributed by atoms with van der Waals surface area (Å²) in [6, 6.07) is 9.57. The molecule has 0 spiro atoms. The Morgan fingerprint density at radius 1 is 1.38 bits per heavy atom. The number of Topliss-reactive ketones (excluding diaryl/α,β-unsaturated/α-hetero) is 1. The van der Waals surface area contributed by atoms with Gasteiger partial charge >= 0.3 is 0 Å². The maximum Gasteiger partial charge on any atom is 0.134 e. The molecule has 0 heterocycles. The lowest BCUT2D eigenvalue weighted by molar-refractivity contribution is -0.119. The molecular formula is C11H15NO. The van der Waals surface area contributed by atoms with Gasteiger partial charge < -0.3 is 5.73 Å². The number of carbonyl (C=O) groups is 1. The van der Waals surface area contributed by atoms with Crippen LogP contribution in [0.5, 0.6) is 0 Å². The van der Waals surface area contributed by atoms with Crippen LogP contribution in [0.2, 0.25) is 0 Å². The van der Waals surface area contributed by atoms with Gasteiger partial charge in [0, 0.05) is 18.9 Å². The zero-order valence-electron chi connectivity index (χ0n) is 7.86. The lowest BCUT2D eigenvalue weighted by Crippen LogP contribution is -2.14. The first-order valence-electron chi connectivity index (χ1n) is 4.56. The molecule has 0 aliphatic carbocycles. The highest BCUT2D eigenvalue weighted by atomic mass is 16.1. The van der Waals surface area contributed by atoms with Crippen molar-refractivity contribution in [1.82, 2.24) is 0 Å². The van der Waals surface area contributed by atoms with Gasteiger partial charge in [0.15, 0.2) is 0 Å². The molecule has 0 aromatic heterocycles. The van der Waals surface area contributed by atoms with E-state index in [-0.39, 0.29) is 11.8 Å². The first kappa shape index (κ1) is 9.93. The first-order chi connectivity index (χ1) is 6.24. The smallest absolute Gasteiger partial charge is 0.134 e. The summed E-state index contributed by atoms with van der Waals surface area (Å²) in [5.41, 5.74) is 6.88. The Hall–Kier alpha value is -1.15. The van der Waals surface area contributed by atoms with E-state index in [1.165, 1.54) is 0 Å². The highest BCUT2D eigenvalue weighted by Gasteiger charge is 2.08. The maximum absolute atomic E-state index is 11.1. The molecule has 0 amide bonds. The molecule has 1 atom stereocenters. The zero-order valence-corrected chi connectivity index (χ0v) is 7.86. The van der Waals surface area contributed by atoms with Gasteiger partial charge in [-0.05, 0) is 5.56 Å². The van der Waals surface area contributed by atoms with E-state index in [9.17, 15) is 4.79 Å². The van der Waals surface area contributed by atoms with Gasteiger partial charge in [-0.25, -0.2) is 0 Å². The van der Waals surface area contributed by atoms with E-state index in [1.807, 2.05) is 37.3 Å². The van der Waals surface area contributed by atoms with Gasteiger partial charge in [-0.2, -0.15) is 0 Å². The predicted molar refractivity (Wildman–Crippen MR) is 53.3 cm³/mol. The van der Waals surface area contributed by atoms with Gasteiger partial charge in [-0.3, -0.25) is 4.79 Å². The number of carbonyl (C=O) groups excluding carboxylic acids is 1. The summed E-state index contributed by atoms with van der Waals surface area (Å²) < 4.78 is 0. The van der Waals surface area contributed by atoms with Crippen LogP contribution in [-0.2, 0) is 4.79 Å². The second kappa shape index (κ2) is 4.77. The molecule has 1 aromatic carbocycles. The second-order valence-corrected chi connectivity index (χ2v) is 3.11. The van der Waals surface area contributed by atoms with Crippen molar-refractivity contribution >= 4 is 5.78 Å². The van der Waals surface area contributed by atoms with E-state index in [2.05, 4.69) is 0 Å². The van der Waals surface area contributed by atoms with Crippen LogP contribution in [0, 0.1) is 0 Å². The fourth-order valence-electron chi connectivity index (χ4n) is 1.21. The van der Waals surface area contributed by atoms with Crippen LogP contribution >= 0.6 is 0 Å². The first-order valence-corrected chi connectivity index (χ1v) is 4.56. The van der Waals surface area contributed by atoms with E-state index in [1.54, 1.807) is 0 Å². The topological polar surface area (TPSA) is 43.1 Å². The minimum absolute atomic E-state index is 0.145. The number of benzene rings is 1. The van der Waals surface area contributed by atoms with Crippen LogP contribution in [0.1, 0.15) is 31.4 Å². The molecule has 0 saturated carbocycles. The molecule has 0 saturated heterocycles. The average molecular weight is 177 g/mol. The molecule has 13 heavy (non-hydrogen) atoms. The van der Waals surface area contributed by atoms with Crippen molar-refractivity contribution in [1.29, 1.82) is 0 Å². The Kier molecular flexibility index (Phi) is 3.65. The molecule has 1 aromatic rings. The van der Waals surface area contributed by atoms with Gasteiger partial charge in [0.1, 0.15) is 5.78 Å². The third-order valence-electron chi connectivity index (χ3n) is 2.07. The Balaban J connectivity index is 2.59. The minimum Gasteiger partial charge on any atom is -0.324 e. The van der Waals surface area contributed by atoms with Crippen LogP contribution in [0.3, 0.4) is 0 Å². The van der Waals surface area contributed by atoms with Crippen molar-refractivity contribution in [2.45, 2.75) is 25.8 Å². The van der Waals surface area contributed by atoms with Crippen molar-refractivity contribution in [3.8, 4) is 0 Å². The number of nitrogens with two attached hydrogens (primary N) is 1. The van der Waals surface area contributed by atoms with Crippen molar-refractivity contribution in [2.75, 3.05) is 0 Å². The molecule has 1 unspecified atom stereocenters. The van der Waals surface area contributed by atoms with Gasteiger partial charge in [-0.1, -0.05) is 37.3 Å². The number of ketones is 1. The number of rotatable bonds is 4. The van der Waals surface area contributed by atoms with Crippen molar-refractivity contribution in [2.24, 2.45) is 5.73 Å². The van der Waals surface area contributed by atoms with E-state index in [0.717, 1.165) is 5.56 Å². The Bertz CT molecular complexity index is 269. The fourth-order valence-corrected chi connectivity index (χ4v) is 1.21. The monoisotopic (exact) mass is 177 g/mol. The van der Waals surface area contributed by atoms with Gasteiger partial charge in [0.25, 0.3) is 0 Å². The standard InChI is InChI=1S/C11H15NO/c1-2-10(13)8-11(12)9-6-4-3-5-7-9/h3-7,11H,2,8,12H2,1H3. The summed E-state index contributed by atoms with van der Waals surface area (Å²) in [6.45, 7) is 1.86. The van der Waals surface area contributed by atoms with E-state index < -0.39 is 0 Å². The molecule has 1 rings (SSSR count). The molecule has 2 heteroatoms. The lowest BCUT2D eigenvalue weighted by Gasteiger charge is -2.09. The summed E-state index contributed by atoms with van der Waals surface area (Å²) in [4.78, 5) is 11.1. The van der Waals surface area contributed by atoms with Crippen LogP contribution in [-0.4, -0.2) is 5.78 Å². The third-order valence-corrected chi connectivity index (χ3v) is 2.07. The minimum atomic E-state index is -0.145. The average Bonchev–Trinajstić information content (AvgIpc) is 2.19. The fraction of sp³-hybridized carbons (Fsp3) is 0.364. The third kappa shape index (κ3) is 2.99. The van der Waals surface area contributed by atoms with Crippen molar-refractivity contribution in [3.63, 3.8) is 0 Å². The molecule has 0 aliphatic rings. The van der Waals surface area contributed by atoms with Gasteiger partial charge in [0.05, 0.1) is 0 Å². The quantitative estimate of drug-likeness (QED) is 0.765. The normalized spacial score (nSPS) is 12.5. The molecule has 0 aliphatic heterocycles. The zero-order chi connectivity index (χ0) is 9.68. The second-order valence-electron chi connectivity index (χ2n) is 3.11. The SMILES string of the molecule is CCC(=O)CC(N)c1ccccc1. The highest BCUT2D eigenvalue weighted by molar-refractivity contribution is 5.78. The summed E-state index contributed by atoms with van der Waals surface area (Å²) in [6.07, 6.45) is 1.01. The molecule has 2 nitrogen and oxygen atoms in total. The van der Waals surface area contributed by atoms with Gasteiger partial charge in [0.2, 0.25) is 0 Å². The summed E-state index contributed by atoms with van der Waals surface area (Å²) in [5.74, 6) is 0.219. The molecule has 70 valence electrons. The van der Waals surface area contributed by atoms with Crippen LogP contribution in [0.15, 0.2) is 30.3 Å². The van der Waals surface area contributed by atoms with E-state index in [0.29, 0.717) is 12.8 Å². The number of hydrogen-bond donors (Lipinski definition) is 1. The molecule has 0 radical (unpaired) electrons. The summed E-state index contributed by atoms with van der Waals surface area (Å²) in [7, 11) is 0. The van der Waals surface area contributed by atoms with E-state index >= 15 is 0 Å². The summed E-state index contributed by atoms with van der Waals surface area (Å²) >= 11 is 0. The molecule has 0 fully saturated rings.